The Morgan fingerprint density at radius 1 is 1.05 bits per heavy atom. The molecule has 100 valence electrons. The van der Waals surface area contributed by atoms with E-state index in [0.717, 1.165) is 5.69 Å². The minimum Gasteiger partial charge on any atom is -0.464 e. The number of anilines is 3. The zero-order valence-corrected chi connectivity index (χ0v) is 11.3. The summed E-state index contributed by atoms with van der Waals surface area (Å²) in [5.74, 6) is 0.916. The van der Waals surface area contributed by atoms with Crippen LogP contribution in [0.2, 0.25) is 0 Å². The van der Waals surface area contributed by atoms with Crippen LogP contribution in [0.5, 0.6) is 6.01 Å². The Kier molecular flexibility index (Phi) is 4.12. The molecule has 1 aromatic carbocycles. The molecule has 0 fully saturated rings. The zero-order chi connectivity index (χ0) is 13.7. The van der Waals surface area contributed by atoms with Crippen molar-refractivity contribution in [3.8, 4) is 6.01 Å². The van der Waals surface area contributed by atoms with Crippen molar-refractivity contribution in [1.29, 1.82) is 0 Å². The Labute approximate surface area is 112 Å². The lowest BCUT2D eigenvalue weighted by atomic mass is 10.2. The molecule has 2 N–H and O–H groups in total. The van der Waals surface area contributed by atoms with Crippen molar-refractivity contribution in [2.45, 2.75) is 13.8 Å². The largest absolute Gasteiger partial charge is 0.464 e. The van der Waals surface area contributed by atoms with E-state index in [-0.39, 0.29) is 0 Å². The van der Waals surface area contributed by atoms with Gasteiger partial charge in [-0.05, 0) is 26.0 Å². The minimum atomic E-state index is 0.302. The predicted molar refractivity (Wildman–Crippen MR) is 75.0 cm³/mol. The van der Waals surface area contributed by atoms with Crippen LogP contribution < -0.4 is 15.4 Å². The number of rotatable bonds is 5. The van der Waals surface area contributed by atoms with Gasteiger partial charge < -0.3 is 15.4 Å². The highest BCUT2D eigenvalue weighted by Crippen LogP contribution is 2.16. The molecule has 6 heteroatoms. The van der Waals surface area contributed by atoms with Crippen molar-refractivity contribution in [2.24, 2.45) is 0 Å². The lowest BCUT2D eigenvalue weighted by molar-refractivity contribution is 0.312. The van der Waals surface area contributed by atoms with Gasteiger partial charge in [-0.2, -0.15) is 15.0 Å². The Morgan fingerprint density at radius 3 is 2.37 bits per heavy atom. The second-order valence-electron chi connectivity index (χ2n) is 3.94. The van der Waals surface area contributed by atoms with Crippen molar-refractivity contribution in [1.82, 2.24) is 15.0 Å². The quantitative estimate of drug-likeness (QED) is 0.859. The lowest BCUT2D eigenvalue weighted by Crippen LogP contribution is -2.06. The molecule has 0 saturated carbocycles. The van der Waals surface area contributed by atoms with E-state index in [1.165, 1.54) is 5.56 Å². The monoisotopic (exact) mass is 259 g/mol. The molecule has 0 aliphatic heterocycles. The first kappa shape index (κ1) is 13.1. The molecule has 0 aliphatic carbocycles. The molecular formula is C13H17N5O. The average molecular weight is 259 g/mol. The smallest absolute Gasteiger partial charge is 0.323 e. The van der Waals surface area contributed by atoms with Gasteiger partial charge in [0.1, 0.15) is 0 Å². The number of aromatic nitrogens is 3. The molecular weight excluding hydrogens is 242 g/mol. The number of hydrogen-bond donors (Lipinski definition) is 2. The molecule has 0 bridgehead atoms. The van der Waals surface area contributed by atoms with Gasteiger partial charge in [0.15, 0.2) is 0 Å². The molecule has 1 aromatic heterocycles. The number of hydrogen-bond acceptors (Lipinski definition) is 6. The van der Waals surface area contributed by atoms with Crippen molar-refractivity contribution in [2.75, 3.05) is 24.3 Å². The van der Waals surface area contributed by atoms with Crippen LogP contribution in [0.15, 0.2) is 24.3 Å². The molecule has 0 radical (unpaired) electrons. The van der Waals surface area contributed by atoms with Gasteiger partial charge in [-0.15, -0.1) is 0 Å². The highest BCUT2D eigenvalue weighted by atomic mass is 16.5. The van der Waals surface area contributed by atoms with E-state index in [2.05, 4.69) is 25.6 Å². The zero-order valence-electron chi connectivity index (χ0n) is 11.3. The maximum atomic E-state index is 5.30. The maximum Gasteiger partial charge on any atom is 0.323 e. The van der Waals surface area contributed by atoms with Crippen LogP contribution in [0.4, 0.5) is 17.6 Å². The van der Waals surface area contributed by atoms with E-state index in [9.17, 15) is 0 Å². The topological polar surface area (TPSA) is 72.0 Å². The molecule has 0 atom stereocenters. The van der Waals surface area contributed by atoms with Gasteiger partial charge in [-0.25, -0.2) is 0 Å². The van der Waals surface area contributed by atoms with Crippen LogP contribution in [-0.4, -0.2) is 28.6 Å². The molecule has 0 aliphatic rings. The Balaban J connectivity index is 2.23. The molecule has 1 heterocycles. The van der Waals surface area contributed by atoms with E-state index in [1.54, 1.807) is 7.05 Å². The van der Waals surface area contributed by atoms with Gasteiger partial charge in [0.05, 0.1) is 6.61 Å². The summed E-state index contributed by atoms with van der Waals surface area (Å²) >= 11 is 0. The highest BCUT2D eigenvalue weighted by Gasteiger charge is 2.06. The van der Waals surface area contributed by atoms with Crippen molar-refractivity contribution < 1.29 is 4.74 Å². The standard InChI is InChI=1S/C13H17N5O/c1-4-19-13-17-11(14-3)16-12(18-13)15-10-7-5-9(2)6-8-10/h5-8H,4H2,1-3H3,(H2,14,15,16,17,18). The van der Waals surface area contributed by atoms with Crippen LogP contribution in [-0.2, 0) is 0 Å². The first-order valence-electron chi connectivity index (χ1n) is 6.11. The molecule has 0 amide bonds. The number of nitrogens with zero attached hydrogens (tertiary/aromatic N) is 3. The van der Waals surface area contributed by atoms with Crippen LogP contribution >= 0.6 is 0 Å². The van der Waals surface area contributed by atoms with Gasteiger partial charge in [-0.3, -0.25) is 0 Å². The molecule has 2 aromatic rings. The van der Waals surface area contributed by atoms with Crippen molar-refractivity contribution >= 4 is 17.6 Å². The third-order valence-corrected chi connectivity index (χ3v) is 2.42. The van der Waals surface area contributed by atoms with Crippen LogP contribution in [0.25, 0.3) is 0 Å². The summed E-state index contributed by atoms with van der Waals surface area (Å²) < 4.78 is 5.30. The SMILES string of the molecule is CCOc1nc(NC)nc(Nc2ccc(C)cc2)n1. The summed E-state index contributed by atoms with van der Waals surface area (Å²) in [6, 6.07) is 8.28. The molecule has 0 spiro atoms. The molecule has 19 heavy (non-hydrogen) atoms. The molecule has 0 unspecified atom stereocenters. The summed E-state index contributed by atoms with van der Waals surface area (Å²) in [5, 5.41) is 6.00. The van der Waals surface area contributed by atoms with E-state index in [0.29, 0.717) is 24.5 Å². The molecule has 6 nitrogen and oxygen atoms in total. The van der Waals surface area contributed by atoms with Crippen molar-refractivity contribution in [3.63, 3.8) is 0 Å². The number of ether oxygens (including phenoxy) is 1. The summed E-state index contributed by atoms with van der Waals surface area (Å²) in [4.78, 5) is 12.5. The van der Waals surface area contributed by atoms with Gasteiger partial charge in [0.25, 0.3) is 0 Å². The van der Waals surface area contributed by atoms with Crippen LogP contribution in [0.1, 0.15) is 12.5 Å². The fourth-order valence-corrected chi connectivity index (χ4v) is 1.48. The summed E-state index contributed by atoms with van der Waals surface area (Å²) in [6.07, 6.45) is 0. The minimum absolute atomic E-state index is 0.302. The number of aryl methyl sites for hydroxylation is 1. The van der Waals surface area contributed by atoms with E-state index < -0.39 is 0 Å². The second-order valence-corrected chi connectivity index (χ2v) is 3.94. The van der Waals surface area contributed by atoms with Gasteiger partial charge in [0, 0.05) is 12.7 Å². The van der Waals surface area contributed by atoms with Crippen LogP contribution in [0, 0.1) is 6.92 Å². The first-order valence-corrected chi connectivity index (χ1v) is 6.11. The maximum absolute atomic E-state index is 5.30. The van der Waals surface area contributed by atoms with Gasteiger partial charge >= 0.3 is 6.01 Å². The third kappa shape index (κ3) is 3.54. The second kappa shape index (κ2) is 5.99. The Hall–Kier alpha value is -2.37. The summed E-state index contributed by atoms with van der Waals surface area (Å²) in [5.41, 5.74) is 2.12. The Bertz CT molecular complexity index is 541. The predicted octanol–water partition coefficient (Wildman–Crippen LogP) is 2.36. The number of benzene rings is 1. The molecule has 2 rings (SSSR count). The van der Waals surface area contributed by atoms with Gasteiger partial charge in [-0.1, -0.05) is 17.7 Å². The highest BCUT2D eigenvalue weighted by molar-refractivity contribution is 5.54. The lowest BCUT2D eigenvalue weighted by Gasteiger charge is -2.08. The van der Waals surface area contributed by atoms with E-state index in [4.69, 9.17) is 4.74 Å². The average Bonchev–Trinajstić information content (AvgIpc) is 2.41. The summed E-state index contributed by atoms with van der Waals surface area (Å²) in [6.45, 7) is 4.44. The fourth-order valence-electron chi connectivity index (χ4n) is 1.48. The van der Waals surface area contributed by atoms with Gasteiger partial charge in [0.2, 0.25) is 11.9 Å². The molecule has 0 saturated heterocycles. The van der Waals surface area contributed by atoms with E-state index >= 15 is 0 Å². The van der Waals surface area contributed by atoms with Crippen LogP contribution in [0.3, 0.4) is 0 Å². The summed E-state index contributed by atoms with van der Waals surface area (Å²) in [7, 11) is 1.75. The van der Waals surface area contributed by atoms with Crippen molar-refractivity contribution in [3.05, 3.63) is 29.8 Å². The number of nitrogens with one attached hydrogen (secondary N) is 2. The Morgan fingerprint density at radius 2 is 1.74 bits per heavy atom. The third-order valence-electron chi connectivity index (χ3n) is 2.42. The van der Waals surface area contributed by atoms with E-state index in [1.807, 2.05) is 38.1 Å². The first-order chi connectivity index (χ1) is 9.21. The normalized spacial score (nSPS) is 10.1. The fraction of sp³-hybridized carbons (Fsp3) is 0.308.